The van der Waals surface area contributed by atoms with E-state index in [-0.39, 0.29) is 11.9 Å². The first-order valence-electron chi connectivity index (χ1n) is 10.1. The van der Waals surface area contributed by atoms with Gasteiger partial charge in [0, 0.05) is 38.6 Å². The lowest BCUT2D eigenvalue weighted by molar-refractivity contribution is -0.135. The third-order valence-electron chi connectivity index (χ3n) is 5.96. The van der Waals surface area contributed by atoms with Gasteiger partial charge in [-0.25, -0.2) is 4.79 Å². The quantitative estimate of drug-likeness (QED) is 0.691. The summed E-state index contributed by atoms with van der Waals surface area (Å²) in [6.45, 7) is 7.22. The van der Waals surface area contributed by atoms with E-state index in [1.54, 1.807) is 12.4 Å². The average molecular weight is 373 g/mol. The minimum Gasteiger partial charge on any atom is -0.309 e. The second kappa shape index (κ2) is 8.38. The van der Waals surface area contributed by atoms with Gasteiger partial charge in [-0.15, -0.1) is 0 Å². The Morgan fingerprint density at radius 2 is 1.78 bits per heavy atom. The molecule has 3 rings (SSSR count). The van der Waals surface area contributed by atoms with Crippen molar-refractivity contribution in [1.82, 2.24) is 19.7 Å². The molecule has 0 saturated carbocycles. The molecule has 2 fully saturated rings. The van der Waals surface area contributed by atoms with Crippen molar-refractivity contribution >= 4 is 11.9 Å². The van der Waals surface area contributed by atoms with Gasteiger partial charge in [-0.05, 0) is 62.8 Å². The largest absolute Gasteiger partial charge is 0.327 e. The Kier molecular flexibility index (Phi) is 6.15. The van der Waals surface area contributed by atoms with Gasteiger partial charge < -0.3 is 9.80 Å². The molecule has 6 heteroatoms. The lowest BCUT2D eigenvalue weighted by atomic mass is 9.85. The first-order chi connectivity index (χ1) is 12.9. The lowest BCUT2D eigenvalue weighted by Crippen LogP contribution is -2.56. The molecule has 2 aliphatic rings. The molecule has 0 aliphatic carbocycles. The smallest absolute Gasteiger partial charge is 0.309 e. The second-order valence-electron chi connectivity index (χ2n) is 8.37. The average Bonchev–Trinajstić information content (AvgIpc) is 2.84. The van der Waals surface area contributed by atoms with Gasteiger partial charge in [0.15, 0.2) is 0 Å². The summed E-state index contributed by atoms with van der Waals surface area (Å²) in [5.74, 6) is 0.538. The summed E-state index contributed by atoms with van der Waals surface area (Å²) < 4.78 is 0. The van der Waals surface area contributed by atoms with Crippen LogP contribution in [0, 0.1) is 5.92 Å². The molecule has 3 heterocycles. The van der Waals surface area contributed by atoms with E-state index in [1.165, 1.54) is 10.5 Å². The van der Waals surface area contributed by atoms with Crippen LogP contribution in [0.2, 0.25) is 0 Å². The van der Waals surface area contributed by atoms with Crippen LogP contribution in [0.25, 0.3) is 0 Å². The molecule has 1 aromatic heterocycles. The van der Waals surface area contributed by atoms with Crippen molar-refractivity contribution in [2.24, 2.45) is 5.92 Å². The van der Waals surface area contributed by atoms with Gasteiger partial charge in [0.1, 0.15) is 5.54 Å². The summed E-state index contributed by atoms with van der Waals surface area (Å²) in [5.41, 5.74) is 0.574. The Hall–Kier alpha value is -1.95. The fourth-order valence-electron chi connectivity index (χ4n) is 4.14. The number of aryl methyl sites for hydroxylation is 1. The lowest BCUT2D eigenvalue weighted by Gasteiger charge is -2.41. The predicted octanol–water partition coefficient (Wildman–Crippen LogP) is 2.79. The number of hydrogen-bond acceptors (Lipinski definition) is 4. The standard InChI is InChI=1S/C21H32N4O2/c1-17(2)8-14-25-20(27)24(13-4-5-18-6-11-22-12-7-18)19(26)21(25)9-15-23(3)16-10-21/h6-7,11-12,17H,4-5,8-10,13-16H2,1-3H3. The van der Waals surface area contributed by atoms with Crippen LogP contribution in [-0.4, -0.2) is 70.4 Å². The topological polar surface area (TPSA) is 56.8 Å². The van der Waals surface area contributed by atoms with Crippen LogP contribution < -0.4 is 0 Å². The maximum absolute atomic E-state index is 13.3. The number of carbonyl (C=O) groups is 2. The van der Waals surface area contributed by atoms with Crippen molar-refractivity contribution in [3.63, 3.8) is 0 Å². The zero-order chi connectivity index (χ0) is 19.4. The fourth-order valence-corrected chi connectivity index (χ4v) is 4.14. The number of amides is 3. The number of rotatable bonds is 7. The van der Waals surface area contributed by atoms with E-state index in [0.29, 0.717) is 19.0 Å². The Balaban J connectivity index is 1.71. The molecule has 0 aromatic carbocycles. The molecule has 0 atom stereocenters. The molecule has 0 radical (unpaired) electrons. The third-order valence-corrected chi connectivity index (χ3v) is 5.96. The van der Waals surface area contributed by atoms with Gasteiger partial charge in [-0.1, -0.05) is 13.8 Å². The van der Waals surface area contributed by atoms with Crippen LogP contribution >= 0.6 is 0 Å². The minimum absolute atomic E-state index is 0.0269. The first-order valence-corrected chi connectivity index (χ1v) is 10.1. The normalized spacial score (nSPS) is 20.3. The van der Waals surface area contributed by atoms with Crippen molar-refractivity contribution in [3.8, 4) is 0 Å². The van der Waals surface area contributed by atoms with Gasteiger partial charge in [0.2, 0.25) is 0 Å². The summed E-state index contributed by atoms with van der Waals surface area (Å²) in [6.07, 6.45) is 7.61. The number of nitrogens with zero attached hydrogens (tertiary/aromatic N) is 4. The minimum atomic E-state index is -0.616. The van der Waals surface area contributed by atoms with Gasteiger partial charge >= 0.3 is 6.03 Å². The predicted molar refractivity (Wildman–Crippen MR) is 105 cm³/mol. The van der Waals surface area contributed by atoms with Crippen LogP contribution in [0.5, 0.6) is 0 Å². The van der Waals surface area contributed by atoms with Crippen LogP contribution in [0.3, 0.4) is 0 Å². The van der Waals surface area contributed by atoms with Gasteiger partial charge in [0.05, 0.1) is 0 Å². The molecular weight excluding hydrogens is 340 g/mol. The molecule has 6 nitrogen and oxygen atoms in total. The number of aromatic nitrogens is 1. The van der Waals surface area contributed by atoms with Crippen molar-refractivity contribution < 1.29 is 9.59 Å². The number of hydrogen-bond donors (Lipinski definition) is 0. The number of likely N-dealkylation sites (tertiary alicyclic amines) is 1. The molecule has 148 valence electrons. The van der Waals surface area contributed by atoms with Crippen LogP contribution in [0.15, 0.2) is 24.5 Å². The summed E-state index contributed by atoms with van der Waals surface area (Å²) in [7, 11) is 2.08. The van der Waals surface area contributed by atoms with Crippen molar-refractivity contribution in [1.29, 1.82) is 0 Å². The molecule has 2 saturated heterocycles. The van der Waals surface area contributed by atoms with E-state index >= 15 is 0 Å². The molecule has 2 aliphatic heterocycles. The maximum atomic E-state index is 13.3. The highest BCUT2D eigenvalue weighted by molar-refractivity contribution is 6.07. The summed E-state index contributed by atoms with van der Waals surface area (Å²) in [6, 6.07) is 3.89. The van der Waals surface area contributed by atoms with Crippen LogP contribution in [0.4, 0.5) is 4.79 Å². The molecule has 0 unspecified atom stereocenters. The number of piperidine rings is 1. The zero-order valence-electron chi connectivity index (χ0n) is 16.9. The van der Waals surface area contributed by atoms with Crippen molar-refractivity contribution in [2.75, 3.05) is 33.2 Å². The van der Waals surface area contributed by atoms with Crippen molar-refractivity contribution in [3.05, 3.63) is 30.1 Å². The van der Waals surface area contributed by atoms with Gasteiger partial charge in [0.25, 0.3) is 5.91 Å². The molecular formula is C21H32N4O2. The fraction of sp³-hybridized carbons (Fsp3) is 0.667. The molecule has 0 N–H and O–H groups in total. The van der Waals surface area contributed by atoms with Crippen LogP contribution in [-0.2, 0) is 11.2 Å². The second-order valence-corrected chi connectivity index (χ2v) is 8.37. The molecule has 1 aromatic rings. The summed E-state index contributed by atoms with van der Waals surface area (Å²) >= 11 is 0. The molecule has 27 heavy (non-hydrogen) atoms. The van der Waals surface area contributed by atoms with E-state index < -0.39 is 5.54 Å². The highest BCUT2D eigenvalue weighted by Crippen LogP contribution is 2.37. The van der Waals surface area contributed by atoms with Crippen LogP contribution in [0.1, 0.15) is 45.1 Å². The van der Waals surface area contributed by atoms with E-state index in [9.17, 15) is 9.59 Å². The SMILES string of the molecule is CC(C)CCN1C(=O)N(CCCc2ccncc2)C(=O)C12CCN(C)CC2. The Morgan fingerprint density at radius 1 is 1.11 bits per heavy atom. The van der Waals surface area contributed by atoms with E-state index in [2.05, 4.69) is 30.8 Å². The highest BCUT2D eigenvalue weighted by atomic mass is 16.2. The first kappa shape index (κ1) is 19.8. The Bertz CT molecular complexity index is 653. The molecule has 0 bridgehead atoms. The number of urea groups is 1. The maximum Gasteiger partial charge on any atom is 0.327 e. The number of carbonyl (C=O) groups excluding carboxylic acids is 2. The molecule has 3 amide bonds. The van der Waals surface area contributed by atoms with Gasteiger partial charge in [-0.2, -0.15) is 0 Å². The Morgan fingerprint density at radius 3 is 2.41 bits per heavy atom. The van der Waals surface area contributed by atoms with E-state index in [1.807, 2.05) is 17.0 Å². The Labute approximate surface area is 162 Å². The summed E-state index contributed by atoms with van der Waals surface area (Å²) in [5, 5.41) is 0. The zero-order valence-corrected chi connectivity index (χ0v) is 16.9. The molecule has 1 spiro atoms. The number of imide groups is 1. The monoisotopic (exact) mass is 372 g/mol. The third kappa shape index (κ3) is 4.15. The van der Waals surface area contributed by atoms with Crippen molar-refractivity contribution in [2.45, 2.75) is 51.5 Å². The van der Waals surface area contributed by atoms with E-state index in [0.717, 1.165) is 45.2 Å². The highest BCUT2D eigenvalue weighted by Gasteiger charge is 2.57. The van der Waals surface area contributed by atoms with Gasteiger partial charge in [-0.3, -0.25) is 14.7 Å². The van der Waals surface area contributed by atoms with E-state index in [4.69, 9.17) is 0 Å². The summed E-state index contributed by atoms with van der Waals surface area (Å²) in [4.78, 5) is 36.2. The number of pyridine rings is 1.